The van der Waals surface area contributed by atoms with Crippen molar-refractivity contribution in [2.45, 2.75) is 32.2 Å². The molecule has 4 nitrogen and oxygen atoms in total. The summed E-state index contributed by atoms with van der Waals surface area (Å²) >= 11 is 0. The minimum Gasteiger partial charge on any atom is -0.481 e. The zero-order chi connectivity index (χ0) is 15.8. The van der Waals surface area contributed by atoms with Gasteiger partial charge in [-0.25, -0.2) is 4.39 Å². The smallest absolute Gasteiger partial charge is 0.304 e. The molecule has 0 saturated heterocycles. The third-order valence-corrected chi connectivity index (χ3v) is 3.34. The maximum atomic E-state index is 13.3. The summed E-state index contributed by atoms with van der Waals surface area (Å²) in [5, 5.41) is 12.3. The Morgan fingerprint density at radius 1 is 1.43 bits per heavy atom. The molecule has 0 aliphatic carbocycles. The number of hydrogen-bond donors (Lipinski definition) is 2. The summed E-state index contributed by atoms with van der Waals surface area (Å²) in [6.45, 7) is 3.45. The Hall–Kier alpha value is -1.46. The van der Waals surface area contributed by atoms with E-state index in [1.165, 1.54) is 6.07 Å². The molecule has 0 fully saturated rings. The lowest BCUT2D eigenvalue weighted by atomic mass is 10.0. The zero-order valence-corrected chi connectivity index (χ0v) is 13.0. The molecule has 0 aliphatic rings. The molecule has 0 bridgehead atoms. The maximum Gasteiger partial charge on any atom is 0.304 e. The van der Waals surface area contributed by atoms with Gasteiger partial charge in [-0.3, -0.25) is 4.79 Å². The number of hydrogen-bond acceptors (Lipinski definition) is 3. The second kappa shape index (κ2) is 8.74. The average molecular weight is 296 g/mol. The van der Waals surface area contributed by atoms with Crippen LogP contribution in [-0.2, 0) is 11.2 Å². The lowest BCUT2D eigenvalue weighted by molar-refractivity contribution is -0.137. The maximum absolute atomic E-state index is 13.3. The highest BCUT2D eigenvalue weighted by Gasteiger charge is 2.14. The van der Waals surface area contributed by atoms with Gasteiger partial charge in [0.25, 0.3) is 0 Å². The number of carboxylic acid groups (broad SMARTS) is 1. The standard InChI is InChI=1S/C16H25FN2O2/c1-12-9-13(5-6-15(12)17)10-14(11-16(20)21)18-7-4-8-19(2)3/h5-6,9,14,18H,4,7-8,10-11H2,1-3H3,(H,20,21). The van der Waals surface area contributed by atoms with Gasteiger partial charge in [-0.2, -0.15) is 0 Å². The molecule has 1 rings (SSSR count). The summed E-state index contributed by atoms with van der Waals surface area (Å²) in [6, 6.07) is 4.81. The highest BCUT2D eigenvalue weighted by molar-refractivity contribution is 5.67. The van der Waals surface area contributed by atoms with E-state index >= 15 is 0 Å². The van der Waals surface area contributed by atoms with E-state index in [0.29, 0.717) is 12.0 Å². The Kier molecular flexibility index (Phi) is 7.32. The Bertz CT molecular complexity index is 464. The molecule has 1 unspecified atom stereocenters. The molecular formula is C16H25FN2O2. The van der Waals surface area contributed by atoms with E-state index in [2.05, 4.69) is 10.2 Å². The van der Waals surface area contributed by atoms with Gasteiger partial charge in [-0.15, -0.1) is 0 Å². The lowest BCUT2D eigenvalue weighted by Gasteiger charge is -2.18. The largest absolute Gasteiger partial charge is 0.481 e. The van der Waals surface area contributed by atoms with Crippen molar-refractivity contribution in [3.05, 3.63) is 35.1 Å². The molecule has 118 valence electrons. The Labute approximate surface area is 126 Å². The Morgan fingerprint density at radius 3 is 2.71 bits per heavy atom. The second-order valence-corrected chi connectivity index (χ2v) is 5.69. The van der Waals surface area contributed by atoms with E-state index in [9.17, 15) is 9.18 Å². The van der Waals surface area contributed by atoms with Crippen LogP contribution in [0.3, 0.4) is 0 Å². The molecule has 0 radical (unpaired) electrons. The number of aryl methyl sites for hydroxylation is 1. The molecule has 0 saturated carbocycles. The van der Waals surface area contributed by atoms with Crippen molar-refractivity contribution in [3.63, 3.8) is 0 Å². The molecule has 0 aliphatic heterocycles. The number of halogens is 1. The van der Waals surface area contributed by atoms with Crippen LogP contribution in [0.1, 0.15) is 24.0 Å². The fourth-order valence-corrected chi connectivity index (χ4v) is 2.25. The van der Waals surface area contributed by atoms with Crippen molar-refractivity contribution < 1.29 is 14.3 Å². The molecular weight excluding hydrogens is 271 g/mol. The highest BCUT2D eigenvalue weighted by atomic mass is 19.1. The van der Waals surface area contributed by atoms with E-state index < -0.39 is 5.97 Å². The van der Waals surface area contributed by atoms with Gasteiger partial charge >= 0.3 is 5.97 Å². The van der Waals surface area contributed by atoms with E-state index in [4.69, 9.17) is 5.11 Å². The lowest BCUT2D eigenvalue weighted by Crippen LogP contribution is -2.35. The summed E-state index contributed by atoms with van der Waals surface area (Å²) in [5.41, 5.74) is 1.55. The number of carbonyl (C=O) groups is 1. The molecule has 0 spiro atoms. The van der Waals surface area contributed by atoms with Crippen LogP contribution in [0.5, 0.6) is 0 Å². The SMILES string of the molecule is Cc1cc(CC(CC(=O)O)NCCCN(C)C)ccc1F. The van der Waals surface area contributed by atoms with Gasteiger partial charge in [0.2, 0.25) is 0 Å². The van der Waals surface area contributed by atoms with Crippen LogP contribution in [0.25, 0.3) is 0 Å². The van der Waals surface area contributed by atoms with Gasteiger partial charge in [-0.1, -0.05) is 12.1 Å². The molecule has 1 atom stereocenters. The highest BCUT2D eigenvalue weighted by Crippen LogP contribution is 2.12. The molecule has 0 heterocycles. The number of benzene rings is 1. The van der Waals surface area contributed by atoms with Crippen LogP contribution >= 0.6 is 0 Å². The van der Waals surface area contributed by atoms with Crippen molar-refractivity contribution >= 4 is 5.97 Å². The first-order valence-electron chi connectivity index (χ1n) is 7.23. The van der Waals surface area contributed by atoms with Crippen LogP contribution in [0, 0.1) is 12.7 Å². The zero-order valence-electron chi connectivity index (χ0n) is 13.0. The van der Waals surface area contributed by atoms with Crippen LogP contribution in [0.4, 0.5) is 4.39 Å². The van der Waals surface area contributed by atoms with Gasteiger partial charge in [0, 0.05) is 6.04 Å². The Balaban J connectivity index is 2.56. The van der Waals surface area contributed by atoms with Crippen molar-refractivity contribution in [2.75, 3.05) is 27.2 Å². The van der Waals surface area contributed by atoms with E-state index in [1.807, 2.05) is 14.1 Å². The van der Waals surface area contributed by atoms with E-state index in [1.54, 1.807) is 19.1 Å². The number of aliphatic carboxylic acids is 1. The normalized spacial score (nSPS) is 12.6. The molecule has 2 N–H and O–H groups in total. The molecule has 1 aromatic carbocycles. The number of nitrogens with one attached hydrogen (secondary N) is 1. The van der Waals surface area contributed by atoms with Gasteiger partial charge in [0.1, 0.15) is 5.82 Å². The molecule has 5 heteroatoms. The minimum absolute atomic E-state index is 0.0678. The summed E-state index contributed by atoms with van der Waals surface area (Å²) in [7, 11) is 4.02. The van der Waals surface area contributed by atoms with Crippen molar-refractivity contribution in [3.8, 4) is 0 Å². The number of nitrogens with zero attached hydrogens (tertiary/aromatic N) is 1. The summed E-state index contributed by atoms with van der Waals surface area (Å²) in [5.74, 6) is -1.05. The van der Waals surface area contributed by atoms with E-state index in [0.717, 1.165) is 25.1 Å². The van der Waals surface area contributed by atoms with Crippen LogP contribution in [-0.4, -0.2) is 49.2 Å². The van der Waals surface area contributed by atoms with Gasteiger partial charge in [0.15, 0.2) is 0 Å². The predicted octanol–water partition coefficient (Wildman–Crippen LogP) is 2.06. The molecule has 0 amide bonds. The number of rotatable bonds is 9. The average Bonchev–Trinajstić information content (AvgIpc) is 2.38. The quantitative estimate of drug-likeness (QED) is 0.685. The van der Waals surface area contributed by atoms with Crippen LogP contribution in [0.15, 0.2) is 18.2 Å². The summed E-state index contributed by atoms with van der Waals surface area (Å²) < 4.78 is 13.3. The van der Waals surface area contributed by atoms with Gasteiger partial charge in [0.05, 0.1) is 6.42 Å². The van der Waals surface area contributed by atoms with E-state index in [-0.39, 0.29) is 18.3 Å². The predicted molar refractivity (Wildman–Crippen MR) is 82.1 cm³/mol. The topological polar surface area (TPSA) is 52.6 Å². The summed E-state index contributed by atoms with van der Waals surface area (Å²) in [4.78, 5) is 13.0. The number of carboxylic acids is 1. The first-order valence-corrected chi connectivity index (χ1v) is 7.23. The molecule has 21 heavy (non-hydrogen) atoms. The third-order valence-electron chi connectivity index (χ3n) is 3.34. The van der Waals surface area contributed by atoms with Crippen molar-refractivity contribution in [1.82, 2.24) is 10.2 Å². The first kappa shape index (κ1) is 17.6. The molecule has 0 aromatic heterocycles. The minimum atomic E-state index is -0.820. The monoisotopic (exact) mass is 296 g/mol. The van der Waals surface area contributed by atoms with Crippen molar-refractivity contribution in [1.29, 1.82) is 0 Å². The third kappa shape index (κ3) is 7.20. The fraction of sp³-hybridized carbons (Fsp3) is 0.562. The van der Waals surface area contributed by atoms with Crippen molar-refractivity contribution in [2.24, 2.45) is 0 Å². The summed E-state index contributed by atoms with van der Waals surface area (Å²) in [6.07, 6.45) is 1.62. The van der Waals surface area contributed by atoms with Gasteiger partial charge in [-0.05, 0) is 64.1 Å². The van der Waals surface area contributed by atoms with Crippen LogP contribution in [0.2, 0.25) is 0 Å². The fourth-order valence-electron chi connectivity index (χ4n) is 2.25. The molecule has 1 aromatic rings. The van der Waals surface area contributed by atoms with Gasteiger partial charge < -0.3 is 15.3 Å². The first-order chi connectivity index (χ1) is 9.88. The van der Waals surface area contributed by atoms with Crippen LogP contribution < -0.4 is 5.32 Å². The second-order valence-electron chi connectivity index (χ2n) is 5.69. The Morgan fingerprint density at radius 2 is 2.14 bits per heavy atom.